The maximum Gasteiger partial charge on any atom is 0.344 e. The number of carboxylic acid groups (broad SMARTS) is 1. The topological polar surface area (TPSA) is 234 Å². The highest BCUT2D eigenvalue weighted by molar-refractivity contribution is 5.93. The zero-order valence-electron chi connectivity index (χ0n) is 50.6. The molecule has 2 aliphatic heterocycles. The minimum absolute atomic E-state index is 0.0281. The molecule has 19 nitrogen and oxygen atoms in total. The third-order valence-electron chi connectivity index (χ3n) is 15.2. The van der Waals surface area contributed by atoms with Crippen LogP contribution in [0.1, 0.15) is 155 Å². The minimum Gasteiger partial charge on any atom is -0.479 e. The lowest BCUT2D eigenvalue weighted by atomic mass is 9.90. The SMILES string of the molecule is CN[C@@H](CC(C)C)C(=O)O[C@H](Cc1ccc(C2CCOCC2)cc1)C(=O)N(C)[C@@H](CC(C)C)C(=O)OC(C)C(=O)N(C)[C@@H](CC(C)C)C(=O)O[C@H](Cc1ccc(C2CCOCC2)cc1)C(=O)N(C)[C@@H](CC(C)C)C(=O)O[C@H](C)C(=O)O. The van der Waals surface area contributed by atoms with Gasteiger partial charge in [0.15, 0.2) is 24.4 Å². The Morgan fingerprint density at radius 3 is 1.14 bits per heavy atom. The largest absolute Gasteiger partial charge is 0.479 e. The van der Waals surface area contributed by atoms with Gasteiger partial charge in [-0.3, -0.25) is 19.2 Å². The van der Waals surface area contributed by atoms with Crippen LogP contribution in [0.2, 0.25) is 0 Å². The molecule has 2 heterocycles. The lowest BCUT2D eigenvalue weighted by molar-refractivity contribution is -0.174. The third-order valence-corrected chi connectivity index (χ3v) is 15.2. The first-order valence-electron chi connectivity index (χ1n) is 29.1. The first-order valence-corrected chi connectivity index (χ1v) is 29.1. The summed E-state index contributed by atoms with van der Waals surface area (Å²) in [5, 5.41) is 12.5. The van der Waals surface area contributed by atoms with Gasteiger partial charge in [-0.25, -0.2) is 19.2 Å². The van der Waals surface area contributed by atoms with Crippen molar-refractivity contribution in [3.05, 3.63) is 70.8 Å². The number of aliphatic carboxylic acids is 1. The van der Waals surface area contributed by atoms with Crippen molar-refractivity contribution >= 4 is 47.6 Å². The minimum atomic E-state index is -1.52. The van der Waals surface area contributed by atoms with Crippen molar-refractivity contribution in [1.29, 1.82) is 0 Å². The maximum atomic E-state index is 14.7. The van der Waals surface area contributed by atoms with Crippen LogP contribution in [-0.2, 0) is 79.6 Å². The summed E-state index contributed by atoms with van der Waals surface area (Å²) in [6, 6.07) is 11.1. The van der Waals surface area contributed by atoms with E-state index in [4.69, 9.17) is 28.4 Å². The molecule has 0 saturated carbocycles. The maximum absolute atomic E-state index is 14.7. The van der Waals surface area contributed by atoms with Gasteiger partial charge in [0.2, 0.25) is 0 Å². The monoisotopic (exact) mass is 1130 g/mol. The fourth-order valence-corrected chi connectivity index (χ4v) is 10.3. The van der Waals surface area contributed by atoms with Gasteiger partial charge >= 0.3 is 29.8 Å². The predicted molar refractivity (Wildman–Crippen MR) is 305 cm³/mol. The van der Waals surface area contributed by atoms with Crippen molar-refractivity contribution < 1.29 is 71.9 Å². The zero-order chi connectivity index (χ0) is 60.2. The van der Waals surface area contributed by atoms with Gasteiger partial charge in [0.25, 0.3) is 17.7 Å². The summed E-state index contributed by atoms with van der Waals surface area (Å²) in [5.74, 6) is -6.60. The van der Waals surface area contributed by atoms with Crippen LogP contribution in [0.25, 0.3) is 0 Å². The molecule has 2 fully saturated rings. The number of carboxylic acids is 1. The fourth-order valence-electron chi connectivity index (χ4n) is 10.3. The Kier molecular flexibility index (Phi) is 27.2. The quantitative estimate of drug-likeness (QED) is 0.0578. The second kappa shape index (κ2) is 32.6. The van der Waals surface area contributed by atoms with Gasteiger partial charge in [-0.05, 0) is 130 Å². The van der Waals surface area contributed by atoms with E-state index in [1.54, 1.807) is 7.05 Å². The van der Waals surface area contributed by atoms with Crippen LogP contribution in [0.15, 0.2) is 48.5 Å². The number of rotatable bonds is 30. The van der Waals surface area contributed by atoms with Crippen molar-refractivity contribution in [1.82, 2.24) is 20.0 Å². The average molecular weight is 1140 g/mol. The normalized spacial score (nSPS) is 17.3. The fraction of sp³-hybridized carbons (Fsp3) is 0.677. The molecule has 2 aromatic carbocycles. The van der Waals surface area contributed by atoms with Crippen LogP contribution in [0, 0.1) is 23.7 Å². The van der Waals surface area contributed by atoms with E-state index < -0.39 is 96.2 Å². The summed E-state index contributed by atoms with van der Waals surface area (Å²) >= 11 is 0. The molecule has 2 saturated heterocycles. The number of benzene rings is 2. The number of hydrogen-bond donors (Lipinski definition) is 2. The highest BCUT2D eigenvalue weighted by Crippen LogP contribution is 2.30. The molecule has 0 spiro atoms. The predicted octanol–water partition coefficient (Wildman–Crippen LogP) is 7.28. The molecule has 0 bridgehead atoms. The molecular formula is C62H94N4O15. The number of carbonyl (C=O) groups excluding carboxylic acids is 7. The molecule has 2 aliphatic rings. The van der Waals surface area contributed by atoms with Crippen molar-refractivity contribution in [3.8, 4) is 0 Å². The summed E-state index contributed by atoms with van der Waals surface area (Å²) in [7, 11) is 5.85. The van der Waals surface area contributed by atoms with Crippen LogP contribution >= 0.6 is 0 Å². The zero-order valence-corrected chi connectivity index (χ0v) is 50.6. The molecule has 19 heteroatoms. The smallest absolute Gasteiger partial charge is 0.344 e. The van der Waals surface area contributed by atoms with Gasteiger partial charge in [-0.2, -0.15) is 0 Å². The molecule has 0 radical (unpaired) electrons. The Hall–Kier alpha value is -5.92. The van der Waals surface area contributed by atoms with Crippen LogP contribution in [0.5, 0.6) is 0 Å². The Bertz CT molecular complexity index is 2360. The number of ether oxygens (including phenoxy) is 6. The molecule has 0 aliphatic carbocycles. The van der Waals surface area contributed by atoms with Gasteiger partial charge in [0.1, 0.15) is 24.2 Å². The molecule has 1 unspecified atom stereocenters. The molecule has 2 aromatic rings. The van der Waals surface area contributed by atoms with Crippen molar-refractivity contribution in [2.24, 2.45) is 23.7 Å². The summed E-state index contributed by atoms with van der Waals surface area (Å²) in [6.07, 6.45) is -1.62. The van der Waals surface area contributed by atoms with Crippen molar-refractivity contribution in [3.63, 3.8) is 0 Å². The highest BCUT2D eigenvalue weighted by Gasteiger charge is 2.41. The lowest BCUT2D eigenvalue weighted by Gasteiger charge is -2.34. The molecule has 3 amide bonds. The molecule has 4 rings (SSSR count). The lowest BCUT2D eigenvalue weighted by Crippen LogP contribution is -2.53. The van der Waals surface area contributed by atoms with E-state index >= 15 is 0 Å². The number of nitrogens with zero attached hydrogens (tertiary/aromatic N) is 3. The standard InChI is InChI=1S/C62H94N4O15/c1-37(2)31-49(63-11)59(72)80-53(35-43-15-19-45(20-16-43)47-23-27-76-28-24-47)56(68)65(13)50(32-38(3)4)60(73)78-41(9)55(67)64(12)52(34-40(7)8)62(75)81-54(36-44-17-21-46(22-18-44)48-25-29-77-30-26-48)57(69)66(14)51(33-39(5)6)61(74)79-42(10)58(70)71/h15-22,37-42,47-54,63H,23-36H2,1-14H3,(H,70,71)/t41?,42-,49+,50+,51+,52+,53-,54-/m1/s1. The van der Waals surface area contributed by atoms with E-state index in [1.165, 1.54) is 39.9 Å². The van der Waals surface area contributed by atoms with Gasteiger partial charge in [-0.15, -0.1) is 0 Å². The summed E-state index contributed by atoms with van der Waals surface area (Å²) in [4.78, 5) is 115. The van der Waals surface area contributed by atoms with Crippen molar-refractivity contribution in [2.45, 2.75) is 194 Å². The average Bonchev–Trinajstić information content (AvgIpc) is 3.46. The second-order valence-corrected chi connectivity index (χ2v) is 23.8. The van der Waals surface area contributed by atoms with E-state index in [-0.39, 0.29) is 61.7 Å². The number of amides is 3. The Morgan fingerprint density at radius 2 is 0.802 bits per heavy atom. The summed E-state index contributed by atoms with van der Waals surface area (Å²) in [6.45, 7) is 20.3. The number of esters is 4. The van der Waals surface area contributed by atoms with E-state index in [2.05, 4.69) is 5.32 Å². The summed E-state index contributed by atoms with van der Waals surface area (Å²) < 4.78 is 34.5. The molecule has 2 N–H and O–H groups in total. The van der Waals surface area contributed by atoms with E-state index in [0.29, 0.717) is 44.3 Å². The third kappa shape index (κ3) is 20.8. The van der Waals surface area contributed by atoms with Crippen LogP contribution < -0.4 is 5.32 Å². The van der Waals surface area contributed by atoms with Crippen LogP contribution in [-0.4, -0.2) is 171 Å². The van der Waals surface area contributed by atoms with E-state index in [9.17, 15) is 43.5 Å². The van der Waals surface area contributed by atoms with Crippen molar-refractivity contribution in [2.75, 3.05) is 54.6 Å². The Labute approximate surface area is 480 Å². The number of hydrogen-bond acceptors (Lipinski definition) is 15. The van der Waals surface area contributed by atoms with Gasteiger partial charge in [-0.1, -0.05) is 104 Å². The first kappa shape index (κ1) is 67.6. The summed E-state index contributed by atoms with van der Waals surface area (Å²) in [5.41, 5.74) is 3.65. The number of carbonyl (C=O) groups is 8. The first-order chi connectivity index (χ1) is 38.2. The molecule has 0 aromatic heterocycles. The number of likely N-dealkylation sites (N-methyl/N-ethyl adjacent to an activating group) is 4. The highest BCUT2D eigenvalue weighted by atomic mass is 16.6. The van der Waals surface area contributed by atoms with E-state index in [0.717, 1.165) is 52.2 Å². The van der Waals surface area contributed by atoms with Crippen LogP contribution in [0.3, 0.4) is 0 Å². The molecule has 452 valence electrons. The molecule has 8 atom stereocenters. The number of nitrogens with one attached hydrogen (secondary N) is 1. The Morgan fingerprint density at radius 1 is 0.481 bits per heavy atom. The van der Waals surface area contributed by atoms with Gasteiger partial charge < -0.3 is 53.5 Å². The van der Waals surface area contributed by atoms with Gasteiger partial charge in [0, 0.05) is 60.4 Å². The second-order valence-electron chi connectivity index (χ2n) is 23.8. The molecular weight excluding hydrogens is 1040 g/mol. The van der Waals surface area contributed by atoms with Gasteiger partial charge in [0.05, 0.1) is 0 Å². The van der Waals surface area contributed by atoms with Crippen LogP contribution in [0.4, 0.5) is 0 Å². The molecule has 81 heavy (non-hydrogen) atoms. The van der Waals surface area contributed by atoms with E-state index in [1.807, 2.05) is 104 Å². The Balaban J connectivity index is 1.61.